The minimum Gasteiger partial charge on any atom is -0.198 e. The number of unbranched alkanes of at least 4 members (excludes halogenated alkanes) is 4. The van der Waals surface area contributed by atoms with E-state index in [2.05, 4.69) is 19.9 Å². The average molecular weight is 318 g/mol. The summed E-state index contributed by atoms with van der Waals surface area (Å²) in [4.78, 5) is 0. The molecule has 0 aliphatic heterocycles. The largest absolute Gasteiger partial charge is 0.198 e. The van der Waals surface area contributed by atoms with Gasteiger partial charge in [0, 0.05) is 0 Å². The van der Waals surface area contributed by atoms with Crippen LogP contribution in [0.2, 0.25) is 0 Å². The lowest BCUT2D eigenvalue weighted by atomic mass is 9.62. The third-order valence-electron chi connectivity index (χ3n) is 7.07. The van der Waals surface area contributed by atoms with Crippen LogP contribution in [0.3, 0.4) is 0 Å². The van der Waals surface area contributed by atoms with E-state index in [0.717, 1.165) is 30.6 Å². The molecule has 0 radical (unpaired) electrons. The number of hydrogen-bond acceptors (Lipinski definition) is 1. The molecule has 0 saturated heterocycles. The van der Waals surface area contributed by atoms with Crippen molar-refractivity contribution < 1.29 is 0 Å². The summed E-state index contributed by atoms with van der Waals surface area (Å²) in [5, 5.41) is 9.61. The molecule has 0 spiro atoms. The van der Waals surface area contributed by atoms with Gasteiger partial charge >= 0.3 is 0 Å². The summed E-state index contributed by atoms with van der Waals surface area (Å²) in [6.07, 6.45) is 20.6. The van der Waals surface area contributed by atoms with E-state index < -0.39 is 0 Å². The first-order valence-electron chi connectivity index (χ1n) is 10.6. The highest BCUT2D eigenvalue weighted by molar-refractivity contribution is 5.02. The number of nitrogens with zero attached hydrogens (tertiary/aromatic N) is 1. The van der Waals surface area contributed by atoms with Gasteiger partial charge in [-0.15, -0.1) is 0 Å². The Kier molecular flexibility index (Phi) is 7.94. The molecule has 2 unspecified atom stereocenters. The topological polar surface area (TPSA) is 23.8 Å². The van der Waals surface area contributed by atoms with Crippen LogP contribution in [0.15, 0.2) is 0 Å². The molecule has 132 valence electrons. The Balaban J connectivity index is 1.69. The highest BCUT2D eigenvalue weighted by Gasteiger charge is 2.38. The molecular weight excluding hydrogens is 278 g/mol. The van der Waals surface area contributed by atoms with Crippen LogP contribution < -0.4 is 0 Å². The first kappa shape index (κ1) is 18.8. The molecule has 23 heavy (non-hydrogen) atoms. The van der Waals surface area contributed by atoms with Crippen LogP contribution in [0.25, 0.3) is 0 Å². The average Bonchev–Trinajstić information content (AvgIpc) is 2.62. The van der Waals surface area contributed by atoms with Crippen LogP contribution >= 0.6 is 0 Å². The molecule has 0 aromatic carbocycles. The van der Waals surface area contributed by atoms with Crippen LogP contribution in [0.4, 0.5) is 0 Å². The lowest BCUT2D eigenvalue weighted by Gasteiger charge is -2.41. The van der Waals surface area contributed by atoms with E-state index in [0.29, 0.717) is 0 Å². The first-order chi connectivity index (χ1) is 11.2. The Morgan fingerprint density at radius 3 is 2.30 bits per heavy atom. The highest BCUT2D eigenvalue weighted by atomic mass is 14.4. The van der Waals surface area contributed by atoms with Crippen molar-refractivity contribution >= 4 is 0 Å². The molecule has 0 heterocycles. The second-order valence-corrected chi connectivity index (χ2v) is 8.59. The monoisotopic (exact) mass is 317 g/mol. The smallest absolute Gasteiger partial charge is 0.0689 e. The fraction of sp³-hybridized carbons (Fsp3) is 0.955. The maximum atomic E-state index is 9.61. The van der Waals surface area contributed by atoms with Crippen LogP contribution in [0.1, 0.15) is 110 Å². The van der Waals surface area contributed by atoms with Crippen molar-refractivity contribution in [1.82, 2.24) is 0 Å². The van der Waals surface area contributed by atoms with Gasteiger partial charge in [-0.25, -0.2) is 0 Å². The molecule has 2 atom stereocenters. The zero-order valence-corrected chi connectivity index (χ0v) is 15.8. The third kappa shape index (κ3) is 5.51. The number of rotatable bonds is 8. The maximum absolute atomic E-state index is 9.61. The summed E-state index contributed by atoms with van der Waals surface area (Å²) in [6, 6.07) is 2.69. The normalized spacial score (nSPS) is 34.9. The van der Waals surface area contributed by atoms with Gasteiger partial charge in [0.2, 0.25) is 0 Å². The molecule has 2 aliphatic rings. The van der Waals surface area contributed by atoms with Gasteiger partial charge < -0.3 is 0 Å². The second-order valence-electron chi connectivity index (χ2n) is 8.59. The fourth-order valence-corrected chi connectivity index (χ4v) is 5.30. The standard InChI is InChI=1S/C22H39N/c1-3-5-6-7-8-10-19-12-14-20(15-13-19)21-11-9-16-22(4-2,17-21)18-23/h19-21H,3-17H2,1-2H3/t19-,20-,21?,22?. The SMILES string of the molecule is CCCCCCC[C@H]1CC[C@H](C2CCCC(C#N)(CC)C2)CC1. The van der Waals surface area contributed by atoms with Gasteiger partial charge in [-0.05, 0) is 49.9 Å². The van der Waals surface area contributed by atoms with Gasteiger partial charge in [-0.2, -0.15) is 5.26 Å². The van der Waals surface area contributed by atoms with E-state index in [1.807, 2.05) is 0 Å². The fourth-order valence-electron chi connectivity index (χ4n) is 5.30. The lowest BCUT2D eigenvalue weighted by Crippen LogP contribution is -2.32. The minimum atomic E-state index is 0.0268. The van der Waals surface area contributed by atoms with E-state index in [9.17, 15) is 5.26 Å². The van der Waals surface area contributed by atoms with Crippen molar-refractivity contribution in [3.8, 4) is 6.07 Å². The molecule has 1 nitrogen and oxygen atoms in total. The van der Waals surface area contributed by atoms with Crippen molar-refractivity contribution in [1.29, 1.82) is 5.26 Å². The van der Waals surface area contributed by atoms with E-state index >= 15 is 0 Å². The van der Waals surface area contributed by atoms with Gasteiger partial charge in [-0.3, -0.25) is 0 Å². The molecule has 0 aromatic rings. The Bertz CT molecular complexity index is 361. The molecule has 1 heteroatoms. The second kappa shape index (κ2) is 9.71. The van der Waals surface area contributed by atoms with E-state index in [-0.39, 0.29) is 5.41 Å². The van der Waals surface area contributed by atoms with Gasteiger partial charge in [0.1, 0.15) is 0 Å². The third-order valence-corrected chi connectivity index (χ3v) is 7.07. The van der Waals surface area contributed by atoms with Gasteiger partial charge in [0.15, 0.2) is 0 Å². The maximum Gasteiger partial charge on any atom is 0.0689 e. The summed E-state index contributed by atoms with van der Waals surface area (Å²) < 4.78 is 0. The predicted octanol–water partition coefficient (Wildman–Crippen LogP) is 7.26. The van der Waals surface area contributed by atoms with E-state index in [1.54, 1.807) is 0 Å². The Hall–Kier alpha value is -0.510. The van der Waals surface area contributed by atoms with Crippen LogP contribution in [0, 0.1) is 34.5 Å². The van der Waals surface area contributed by atoms with E-state index in [4.69, 9.17) is 0 Å². The lowest BCUT2D eigenvalue weighted by molar-refractivity contribution is 0.106. The molecule has 2 rings (SSSR count). The minimum absolute atomic E-state index is 0.0268. The van der Waals surface area contributed by atoms with Crippen LogP contribution in [-0.2, 0) is 0 Å². The van der Waals surface area contributed by atoms with Crippen molar-refractivity contribution in [2.24, 2.45) is 23.2 Å². The van der Waals surface area contributed by atoms with Crippen LogP contribution in [0.5, 0.6) is 0 Å². The van der Waals surface area contributed by atoms with Crippen molar-refractivity contribution in [2.75, 3.05) is 0 Å². The van der Waals surface area contributed by atoms with Crippen molar-refractivity contribution in [2.45, 2.75) is 110 Å². The Morgan fingerprint density at radius 2 is 1.65 bits per heavy atom. The molecule has 0 aromatic heterocycles. The predicted molar refractivity (Wildman–Crippen MR) is 99.1 cm³/mol. The Labute approximate surface area is 145 Å². The summed E-state index contributed by atoms with van der Waals surface area (Å²) in [6.45, 7) is 4.52. The molecule has 0 bridgehead atoms. The molecule has 0 N–H and O–H groups in total. The molecular formula is C22H39N. The van der Waals surface area contributed by atoms with E-state index in [1.165, 1.54) is 83.5 Å². The summed E-state index contributed by atoms with van der Waals surface area (Å²) in [7, 11) is 0. The molecule has 2 aliphatic carbocycles. The summed E-state index contributed by atoms with van der Waals surface area (Å²) >= 11 is 0. The summed E-state index contributed by atoms with van der Waals surface area (Å²) in [5.74, 6) is 2.81. The highest BCUT2D eigenvalue weighted by Crippen LogP contribution is 2.48. The zero-order chi connectivity index (χ0) is 16.5. The van der Waals surface area contributed by atoms with Crippen LogP contribution in [-0.4, -0.2) is 0 Å². The van der Waals surface area contributed by atoms with Crippen molar-refractivity contribution in [3.05, 3.63) is 0 Å². The molecule has 2 saturated carbocycles. The molecule has 0 amide bonds. The van der Waals surface area contributed by atoms with Crippen molar-refractivity contribution in [3.63, 3.8) is 0 Å². The zero-order valence-electron chi connectivity index (χ0n) is 15.8. The number of nitriles is 1. The summed E-state index contributed by atoms with van der Waals surface area (Å²) in [5.41, 5.74) is 0.0268. The number of hydrogen-bond donors (Lipinski definition) is 0. The quantitative estimate of drug-likeness (QED) is 0.432. The molecule has 2 fully saturated rings. The van der Waals surface area contributed by atoms with Gasteiger partial charge in [0.05, 0.1) is 11.5 Å². The first-order valence-corrected chi connectivity index (χ1v) is 10.6. The Morgan fingerprint density at radius 1 is 0.913 bits per heavy atom. The van der Waals surface area contributed by atoms with Gasteiger partial charge in [-0.1, -0.05) is 78.1 Å². The van der Waals surface area contributed by atoms with Gasteiger partial charge in [0.25, 0.3) is 0 Å².